The van der Waals surface area contributed by atoms with Crippen molar-refractivity contribution in [2.24, 2.45) is 0 Å². The number of rotatable bonds is 3. The lowest BCUT2D eigenvalue weighted by molar-refractivity contribution is -0.133. The molecule has 1 aromatic carbocycles. The first-order chi connectivity index (χ1) is 10.7. The van der Waals surface area contributed by atoms with Gasteiger partial charge in [0.15, 0.2) is 0 Å². The number of benzene rings is 1. The van der Waals surface area contributed by atoms with Crippen LogP contribution in [0.2, 0.25) is 0 Å². The molecule has 6 heteroatoms. The molecule has 4 nitrogen and oxygen atoms in total. The fraction of sp³-hybridized carbons (Fsp3) is 0.294. The Morgan fingerprint density at radius 2 is 2.22 bits per heavy atom. The van der Waals surface area contributed by atoms with Gasteiger partial charge in [-0.1, -0.05) is 18.2 Å². The van der Waals surface area contributed by atoms with E-state index >= 15 is 0 Å². The van der Waals surface area contributed by atoms with Gasteiger partial charge in [-0.05, 0) is 29.3 Å². The maximum Gasteiger partial charge on any atom is 0.227 e. The van der Waals surface area contributed by atoms with Gasteiger partial charge < -0.3 is 10.2 Å². The van der Waals surface area contributed by atoms with E-state index in [9.17, 15) is 9.18 Å². The zero-order valence-corrected chi connectivity index (χ0v) is 13.4. The Morgan fingerprint density at radius 1 is 1.35 bits per heavy atom. The van der Waals surface area contributed by atoms with E-state index < -0.39 is 0 Å². The minimum absolute atomic E-state index is 0. The summed E-state index contributed by atoms with van der Waals surface area (Å²) in [5, 5.41) is 3.31. The number of piperazine rings is 1. The smallest absolute Gasteiger partial charge is 0.227 e. The van der Waals surface area contributed by atoms with Crippen LogP contribution in [0.25, 0.3) is 0 Å². The van der Waals surface area contributed by atoms with E-state index in [1.807, 2.05) is 17.0 Å². The lowest BCUT2D eigenvalue weighted by Crippen LogP contribution is -2.49. The normalized spacial score (nSPS) is 17.4. The molecule has 0 aliphatic carbocycles. The summed E-state index contributed by atoms with van der Waals surface area (Å²) in [5.74, 6) is -0.296. The Morgan fingerprint density at radius 3 is 2.96 bits per heavy atom. The Bertz CT molecular complexity index is 653. The number of hydrogen-bond acceptors (Lipinski definition) is 3. The number of nitrogens with one attached hydrogen (secondary N) is 1. The molecule has 1 N–H and O–H groups in total. The second-order valence-electron chi connectivity index (χ2n) is 5.40. The van der Waals surface area contributed by atoms with Gasteiger partial charge in [-0.15, -0.1) is 12.4 Å². The van der Waals surface area contributed by atoms with Crippen LogP contribution in [-0.2, 0) is 11.2 Å². The van der Waals surface area contributed by atoms with Gasteiger partial charge in [0.1, 0.15) is 5.82 Å². The minimum atomic E-state index is -0.311. The summed E-state index contributed by atoms with van der Waals surface area (Å²) in [6, 6.07) is 10.0. The first-order valence-corrected chi connectivity index (χ1v) is 7.38. The van der Waals surface area contributed by atoms with Crippen molar-refractivity contribution in [1.82, 2.24) is 15.2 Å². The summed E-state index contributed by atoms with van der Waals surface area (Å²) in [4.78, 5) is 18.6. The zero-order chi connectivity index (χ0) is 15.4. The lowest BCUT2D eigenvalue weighted by Gasteiger charge is -2.36. The van der Waals surface area contributed by atoms with Crippen LogP contribution in [0.15, 0.2) is 48.8 Å². The van der Waals surface area contributed by atoms with Crippen LogP contribution in [-0.4, -0.2) is 35.4 Å². The van der Waals surface area contributed by atoms with Crippen LogP contribution in [0, 0.1) is 5.82 Å². The molecule has 1 amide bonds. The van der Waals surface area contributed by atoms with Gasteiger partial charge in [-0.25, -0.2) is 4.39 Å². The second-order valence-corrected chi connectivity index (χ2v) is 5.40. The monoisotopic (exact) mass is 335 g/mol. The zero-order valence-electron chi connectivity index (χ0n) is 12.6. The van der Waals surface area contributed by atoms with E-state index in [2.05, 4.69) is 10.3 Å². The topological polar surface area (TPSA) is 45.2 Å². The molecule has 2 aromatic rings. The Balaban J connectivity index is 0.00000192. The number of halogens is 2. The van der Waals surface area contributed by atoms with Gasteiger partial charge in [0.25, 0.3) is 0 Å². The van der Waals surface area contributed by atoms with E-state index in [0.717, 1.165) is 12.1 Å². The van der Waals surface area contributed by atoms with Gasteiger partial charge >= 0.3 is 0 Å². The van der Waals surface area contributed by atoms with E-state index in [1.54, 1.807) is 24.5 Å². The first kappa shape index (κ1) is 17.4. The molecular formula is C17H19ClFN3O. The summed E-state index contributed by atoms with van der Waals surface area (Å²) >= 11 is 0. The molecular weight excluding hydrogens is 317 g/mol. The highest BCUT2D eigenvalue weighted by Crippen LogP contribution is 2.22. The molecule has 1 aliphatic rings. The molecule has 1 fully saturated rings. The number of pyridine rings is 1. The first-order valence-electron chi connectivity index (χ1n) is 7.38. The number of hydrogen-bond donors (Lipinski definition) is 1. The van der Waals surface area contributed by atoms with Crippen molar-refractivity contribution < 1.29 is 9.18 Å². The maximum absolute atomic E-state index is 13.3. The SMILES string of the molecule is Cl.O=C(Cc1cccc(F)c1)N1CCNCC1c1cccnc1. The number of carbonyl (C=O) groups is 1. The second kappa shape index (κ2) is 8.04. The number of aromatic nitrogens is 1. The predicted octanol–water partition coefficient (Wildman–Crippen LogP) is 2.36. The summed E-state index contributed by atoms with van der Waals surface area (Å²) in [6.45, 7) is 2.12. The van der Waals surface area contributed by atoms with Crippen molar-refractivity contribution in [3.05, 3.63) is 65.7 Å². The average molecular weight is 336 g/mol. The molecule has 2 heterocycles. The van der Waals surface area contributed by atoms with Crippen LogP contribution in [0.5, 0.6) is 0 Å². The van der Waals surface area contributed by atoms with Gasteiger partial charge in [0.2, 0.25) is 5.91 Å². The van der Waals surface area contributed by atoms with Crippen LogP contribution in [0.1, 0.15) is 17.2 Å². The highest BCUT2D eigenvalue weighted by Gasteiger charge is 2.27. The van der Waals surface area contributed by atoms with Crippen molar-refractivity contribution in [2.45, 2.75) is 12.5 Å². The summed E-state index contributed by atoms with van der Waals surface area (Å²) in [6.07, 6.45) is 3.73. The predicted molar refractivity (Wildman–Crippen MR) is 88.9 cm³/mol. The third-order valence-electron chi connectivity index (χ3n) is 3.88. The van der Waals surface area contributed by atoms with E-state index in [1.165, 1.54) is 12.1 Å². The van der Waals surface area contributed by atoms with Gasteiger partial charge in [0.05, 0.1) is 12.5 Å². The Kier molecular flexibility index (Phi) is 6.07. The molecule has 1 aliphatic heterocycles. The van der Waals surface area contributed by atoms with Crippen molar-refractivity contribution in [1.29, 1.82) is 0 Å². The summed E-state index contributed by atoms with van der Waals surface area (Å²) in [5.41, 5.74) is 1.72. The molecule has 0 bridgehead atoms. The molecule has 3 rings (SSSR count). The van der Waals surface area contributed by atoms with E-state index in [-0.39, 0.29) is 36.6 Å². The third kappa shape index (κ3) is 4.27. The maximum atomic E-state index is 13.3. The number of carbonyl (C=O) groups excluding carboxylic acids is 1. The van der Waals surface area contributed by atoms with Gasteiger partial charge in [-0.3, -0.25) is 9.78 Å². The van der Waals surface area contributed by atoms with E-state index in [0.29, 0.717) is 18.7 Å². The quantitative estimate of drug-likeness (QED) is 0.936. The number of nitrogens with zero attached hydrogens (tertiary/aromatic N) is 2. The third-order valence-corrected chi connectivity index (χ3v) is 3.88. The van der Waals surface area contributed by atoms with Gasteiger partial charge in [-0.2, -0.15) is 0 Å². The molecule has 23 heavy (non-hydrogen) atoms. The van der Waals surface area contributed by atoms with E-state index in [4.69, 9.17) is 0 Å². The lowest BCUT2D eigenvalue weighted by atomic mass is 10.0. The molecule has 1 atom stereocenters. The molecule has 122 valence electrons. The average Bonchev–Trinajstić information content (AvgIpc) is 2.56. The largest absolute Gasteiger partial charge is 0.333 e. The molecule has 0 spiro atoms. The van der Waals surface area contributed by atoms with Gasteiger partial charge in [0, 0.05) is 32.0 Å². The molecule has 1 saturated heterocycles. The summed E-state index contributed by atoms with van der Waals surface area (Å²) < 4.78 is 13.3. The molecule has 1 unspecified atom stereocenters. The Labute approximate surface area is 141 Å². The van der Waals surface area contributed by atoms with Crippen molar-refractivity contribution in [3.63, 3.8) is 0 Å². The highest BCUT2D eigenvalue weighted by molar-refractivity contribution is 5.85. The van der Waals surface area contributed by atoms with Crippen molar-refractivity contribution in [2.75, 3.05) is 19.6 Å². The van der Waals surface area contributed by atoms with Crippen LogP contribution < -0.4 is 5.32 Å². The highest BCUT2D eigenvalue weighted by atomic mass is 35.5. The summed E-state index contributed by atoms with van der Waals surface area (Å²) in [7, 11) is 0. The fourth-order valence-corrected chi connectivity index (χ4v) is 2.80. The van der Waals surface area contributed by atoms with Crippen molar-refractivity contribution >= 4 is 18.3 Å². The number of amides is 1. The van der Waals surface area contributed by atoms with Crippen molar-refractivity contribution in [3.8, 4) is 0 Å². The molecule has 1 aromatic heterocycles. The van der Waals surface area contributed by atoms with Crippen LogP contribution in [0.3, 0.4) is 0 Å². The van der Waals surface area contributed by atoms with Crippen LogP contribution >= 0.6 is 12.4 Å². The standard InChI is InChI=1S/C17H18FN3O.ClH/c18-15-5-1-3-13(9-15)10-17(22)21-8-7-20-12-16(21)14-4-2-6-19-11-14;/h1-6,9,11,16,20H,7-8,10,12H2;1H. The molecule has 0 radical (unpaired) electrons. The van der Waals surface area contributed by atoms with Crippen LogP contribution in [0.4, 0.5) is 4.39 Å². The fourth-order valence-electron chi connectivity index (χ4n) is 2.80. The Hall–Kier alpha value is -1.98. The molecule has 0 saturated carbocycles. The minimum Gasteiger partial charge on any atom is -0.333 e.